The van der Waals surface area contributed by atoms with Crippen LogP contribution in [0, 0.1) is 11.6 Å². The van der Waals surface area contributed by atoms with Crippen molar-refractivity contribution in [2.45, 2.75) is 6.42 Å². The van der Waals surface area contributed by atoms with Gasteiger partial charge >= 0.3 is 5.97 Å². The monoisotopic (exact) mass is 296 g/mol. The number of thiophene rings is 1. The first-order chi connectivity index (χ1) is 9.52. The molecule has 20 heavy (non-hydrogen) atoms. The number of ketones is 1. The number of hydrogen-bond acceptors (Lipinski definition) is 4. The minimum absolute atomic E-state index is 0.0417. The van der Waals surface area contributed by atoms with Crippen LogP contribution in [0.4, 0.5) is 8.78 Å². The van der Waals surface area contributed by atoms with E-state index in [1.54, 1.807) is 6.07 Å². The van der Waals surface area contributed by atoms with Crippen LogP contribution in [0.3, 0.4) is 0 Å². The Labute approximate surface area is 117 Å². The smallest absolute Gasteiger partial charge is 0.310 e. The summed E-state index contributed by atoms with van der Waals surface area (Å²) in [6, 6.07) is 6.51. The molecule has 0 saturated carbocycles. The van der Waals surface area contributed by atoms with E-state index in [0.717, 1.165) is 17.4 Å². The molecule has 0 bridgehead atoms. The molecule has 2 rings (SSSR count). The van der Waals surface area contributed by atoms with Gasteiger partial charge in [0, 0.05) is 4.88 Å². The van der Waals surface area contributed by atoms with Gasteiger partial charge in [-0.1, -0.05) is 6.07 Å². The summed E-state index contributed by atoms with van der Waals surface area (Å²) in [5, 5.41) is 0. The van der Waals surface area contributed by atoms with Crippen LogP contribution in [0.15, 0.2) is 30.3 Å². The first kappa shape index (κ1) is 14.3. The fourth-order valence-electron chi connectivity index (χ4n) is 1.62. The van der Waals surface area contributed by atoms with Gasteiger partial charge in [0.25, 0.3) is 0 Å². The molecule has 0 spiro atoms. The highest BCUT2D eigenvalue weighted by molar-refractivity contribution is 7.14. The fourth-order valence-corrected chi connectivity index (χ4v) is 2.57. The average Bonchev–Trinajstić information content (AvgIpc) is 2.89. The lowest BCUT2D eigenvalue weighted by atomic mass is 10.1. The Morgan fingerprint density at radius 2 is 1.95 bits per heavy atom. The summed E-state index contributed by atoms with van der Waals surface area (Å²) in [6.45, 7) is 0. The largest absolute Gasteiger partial charge is 0.469 e. The Morgan fingerprint density at radius 1 is 1.20 bits per heavy atom. The van der Waals surface area contributed by atoms with Crippen LogP contribution in [-0.2, 0) is 16.0 Å². The van der Waals surface area contributed by atoms with E-state index >= 15 is 0 Å². The zero-order valence-electron chi connectivity index (χ0n) is 10.5. The number of methoxy groups -OCH3 is 1. The molecule has 1 heterocycles. The van der Waals surface area contributed by atoms with Crippen LogP contribution >= 0.6 is 11.3 Å². The number of halogens is 2. The first-order valence-corrected chi connectivity index (χ1v) is 6.49. The number of carbonyl (C=O) groups excluding carboxylic acids is 2. The van der Waals surface area contributed by atoms with Crippen molar-refractivity contribution < 1.29 is 23.1 Å². The molecular formula is C14H10F2O3S. The number of benzene rings is 1. The normalized spacial score (nSPS) is 10.3. The Hall–Kier alpha value is -2.08. The summed E-state index contributed by atoms with van der Waals surface area (Å²) >= 11 is 1.05. The molecule has 2 aromatic rings. The Bertz CT molecular complexity index is 664. The predicted molar refractivity (Wildman–Crippen MR) is 69.8 cm³/mol. The molecule has 0 saturated heterocycles. The van der Waals surface area contributed by atoms with Gasteiger partial charge in [-0.25, -0.2) is 8.78 Å². The molecule has 0 aliphatic heterocycles. The van der Waals surface area contributed by atoms with Gasteiger partial charge in [0.2, 0.25) is 5.78 Å². The molecule has 0 N–H and O–H groups in total. The molecular weight excluding hydrogens is 286 g/mol. The highest BCUT2D eigenvalue weighted by atomic mass is 32.1. The number of hydrogen-bond donors (Lipinski definition) is 0. The van der Waals surface area contributed by atoms with Crippen LogP contribution in [0.1, 0.15) is 20.1 Å². The zero-order valence-corrected chi connectivity index (χ0v) is 11.3. The third kappa shape index (κ3) is 2.91. The minimum Gasteiger partial charge on any atom is -0.469 e. The van der Waals surface area contributed by atoms with Gasteiger partial charge in [-0.2, -0.15) is 0 Å². The summed E-state index contributed by atoms with van der Waals surface area (Å²) in [4.78, 5) is 24.1. The number of esters is 1. The Kier molecular flexibility index (Phi) is 4.24. The lowest BCUT2D eigenvalue weighted by molar-refractivity contribution is -0.139. The molecule has 1 aromatic carbocycles. The number of carbonyl (C=O) groups is 2. The maximum Gasteiger partial charge on any atom is 0.310 e. The highest BCUT2D eigenvalue weighted by Crippen LogP contribution is 2.23. The zero-order chi connectivity index (χ0) is 14.7. The van der Waals surface area contributed by atoms with E-state index in [-0.39, 0.29) is 16.9 Å². The van der Waals surface area contributed by atoms with E-state index in [9.17, 15) is 18.4 Å². The van der Waals surface area contributed by atoms with Crippen LogP contribution in [-0.4, -0.2) is 18.9 Å². The van der Waals surface area contributed by atoms with Gasteiger partial charge in [0.15, 0.2) is 11.6 Å². The fraction of sp³-hybridized carbons (Fsp3) is 0.143. The average molecular weight is 296 g/mol. The van der Waals surface area contributed by atoms with E-state index in [1.807, 2.05) is 0 Å². The standard InChI is InChI=1S/C14H10F2O3S/c1-19-12(17)7-8-5-6-11(20-8)14(18)9-3-2-4-10(15)13(9)16/h2-6H,7H2,1H3. The summed E-state index contributed by atoms with van der Waals surface area (Å²) in [5.74, 6) is -3.27. The number of ether oxygens (including phenoxy) is 1. The maximum absolute atomic E-state index is 13.5. The molecule has 0 fully saturated rings. The summed E-state index contributed by atoms with van der Waals surface area (Å²) in [6.07, 6.45) is 0.0417. The molecule has 104 valence electrons. The second-order valence-electron chi connectivity index (χ2n) is 3.95. The van der Waals surface area contributed by atoms with Crippen LogP contribution < -0.4 is 0 Å². The Balaban J connectivity index is 2.26. The third-order valence-electron chi connectivity index (χ3n) is 2.63. The summed E-state index contributed by atoms with van der Waals surface area (Å²) in [7, 11) is 1.27. The maximum atomic E-state index is 13.5. The SMILES string of the molecule is COC(=O)Cc1ccc(C(=O)c2cccc(F)c2F)s1. The first-order valence-electron chi connectivity index (χ1n) is 5.67. The lowest BCUT2D eigenvalue weighted by Crippen LogP contribution is -2.04. The minimum atomic E-state index is -1.17. The van der Waals surface area contributed by atoms with E-state index in [4.69, 9.17) is 0 Å². The van der Waals surface area contributed by atoms with Crippen molar-refractivity contribution in [1.82, 2.24) is 0 Å². The second kappa shape index (κ2) is 5.92. The molecule has 0 unspecified atom stereocenters. The third-order valence-corrected chi connectivity index (χ3v) is 3.71. The molecule has 0 aliphatic carbocycles. The quantitative estimate of drug-likeness (QED) is 0.643. The van der Waals surface area contributed by atoms with Gasteiger partial charge < -0.3 is 4.74 Å². The summed E-state index contributed by atoms with van der Waals surface area (Å²) in [5.41, 5.74) is -0.323. The molecule has 3 nitrogen and oxygen atoms in total. The summed E-state index contributed by atoms with van der Waals surface area (Å²) < 4.78 is 31.2. The number of rotatable bonds is 4. The van der Waals surface area contributed by atoms with Gasteiger partial charge in [-0.15, -0.1) is 11.3 Å². The van der Waals surface area contributed by atoms with Crippen molar-refractivity contribution in [3.05, 3.63) is 57.3 Å². The van der Waals surface area contributed by atoms with Crippen LogP contribution in [0.5, 0.6) is 0 Å². The molecule has 0 amide bonds. The van der Waals surface area contributed by atoms with Gasteiger partial charge in [0.1, 0.15) is 0 Å². The van der Waals surface area contributed by atoms with Crippen molar-refractivity contribution in [1.29, 1.82) is 0 Å². The molecule has 0 aliphatic rings. The molecule has 0 radical (unpaired) electrons. The van der Waals surface area contributed by atoms with E-state index in [2.05, 4.69) is 4.74 Å². The van der Waals surface area contributed by atoms with E-state index < -0.39 is 23.4 Å². The topological polar surface area (TPSA) is 43.4 Å². The second-order valence-corrected chi connectivity index (χ2v) is 5.12. The molecule has 6 heteroatoms. The Morgan fingerprint density at radius 3 is 2.65 bits per heavy atom. The predicted octanol–water partition coefficient (Wildman–Crippen LogP) is 2.97. The van der Waals surface area contributed by atoms with Crippen molar-refractivity contribution in [3.63, 3.8) is 0 Å². The van der Waals surface area contributed by atoms with Gasteiger partial charge in [0.05, 0.1) is 24.0 Å². The van der Waals surface area contributed by atoms with E-state index in [1.165, 1.54) is 25.3 Å². The van der Waals surface area contributed by atoms with E-state index in [0.29, 0.717) is 4.88 Å². The lowest BCUT2D eigenvalue weighted by Gasteiger charge is -2.01. The van der Waals surface area contributed by atoms with Gasteiger partial charge in [-0.3, -0.25) is 9.59 Å². The van der Waals surface area contributed by atoms with Crippen molar-refractivity contribution >= 4 is 23.1 Å². The van der Waals surface area contributed by atoms with Crippen LogP contribution in [0.25, 0.3) is 0 Å². The molecule has 1 aromatic heterocycles. The van der Waals surface area contributed by atoms with Gasteiger partial charge in [-0.05, 0) is 24.3 Å². The van der Waals surface area contributed by atoms with Crippen molar-refractivity contribution in [2.75, 3.05) is 7.11 Å². The van der Waals surface area contributed by atoms with Crippen LogP contribution in [0.2, 0.25) is 0 Å². The van der Waals surface area contributed by atoms with Crippen molar-refractivity contribution in [3.8, 4) is 0 Å². The molecule has 0 atom stereocenters. The highest BCUT2D eigenvalue weighted by Gasteiger charge is 2.19. The van der Waals surface area contributed by atoms with Crippen molar-refractivity contribution in [2.24, 2.45) is 0 Å².